The zero-order valence-corrected chi connectivity index (χ0v) is 31.6. The van der Waals surface area contributed by atoms with Gasteiger partial charge in [-0.15, -0.1) is 64.9 Å². The van der Waals surface area contributed by atoms with Gasteiger partial charge in [0.05, 0.1) is 0 Å². The summed E-state index contributed by atoms with van der Waals surface area (Å²) in [6.07, 6.45) is 15.6. The number of nitrogens with zero attached hydrogens (tertiary/aromatic N) is 4. The van der Waals surface area contributed by atoms with Crippen molar-refractivity contribution in [3.8, 4) is 51.4 Å². The Morgan fingerprint density at radius 1 is 0.706 bits per heavy atom. The largest absolute Gasteiger partial charge is 4.00 e. The van der Waals surface area contributed by atoms with Crippen LogP contribution in [0.1, 0.15) is 0 Å². The summed E-state index contributed by atoms with van der Waals surface area (Å²) in [7, 11) is 1.92. The van der Waals surface area contributed by atoms with Crippen LogP contribution in [0.2, 0.25) is 0 Å². The smallest absolute Gasteiger partial charge is 0.669 e. The molecule has 0 N–H and O–H groups in total. The van der Waals surface area contributed by atoms with Crippen molar-refractivity contribution in [3.05, 3.63) is 177 Å². The van der Waals surface area contributed by atoms with Crippen LogP contribution in [0.15, 0.2) is 140 Å². The summed E-state index contributed by atoms with van der Waals surface area (Å²) in [4.78, 5) is 4.55. The van der Waals surface area contributed by atoms with Crippen LogP contribution in [-0.4, -0.2) is 31.8 Å². The van der Waals surface area contributed by atoms with Gasteiger partial charge in [0.2, 0.25) is 6.20 Å². The second kappa shape index (κ2) is 17.4. The van der Waals surface area contributed by atoms with Crippen molar-refractivity contribution < 1.29 is 60.8 Å². The molecule has 248 valence electrons. The first-order chi connectivity index (χ1) is 24.1. The second-order valence-corrected chi connectivity index (χ2v) is 10.8. The van der Waals surface area contributed by atoms with E-state index in [4.69, 9.17) is 15.9 Å². The fraction of sp³-hybridized carbons (Fsp3) is 0.0233. The first-order valence-corrected chi connectivity index (χ1v) is 15.3. The van der Waals surface area contributed by atoms with Crippen LogP contribution in [0.25, 0.3) is 33.2 Å². The Bertz CT molecular complexity index is 2420. The molecule has 0 unspecified atom stereocenters. The molecule has 1 aliphatic rings. The molecular weight excluding hydrogens is 995 g/mol. The van der Waals surface area contributed by atoms with E-state index >= 15 is 0 Å². The minimum Gasteiger partial charge on any atom is -0.669 e. The molecule has 1 aliphatic heterocycles. The number of rotatable bonds is 7. The Morgan fingerprint density at radius 2 is 1.37 bits per heavy atom. The quantitative estimate of drug-likeness (QED) is 0.0911. The van der Waals surface area contributed by atoms with E-state index in [-0.39, 0.29) is 42.1 Å². The summed E-state index contributed by atoms with van der Waals surface area (Å²) >= 11 is 0. The van der Waals surface area contributed by atoms with E-state index in [1.165, 1.54) is 0 Å². The second-order valence-electron chi connectivity index (χ2n) is 10.8. The van der Waals surface area contributed by atoms with Gasteiger partial charge in [0, 0.05) is 35.4 Å². The molecule has 0 bridgehead atoms. The van der Waals surface area contributed by atoms with Crippen molar-refractivity contribution in [2.24, 2.45) is 0 Å². The van der Waals surface area contributed by atoms with Crippen LogP contribution < -0.4 is 9.47 Å². The van der Waals surface area contributed by atoms with Crippen molar-refractivity contribution in [1.29, 1.82) is 0 Å². The molecule has 0 atom stereocenters. The fourth-order valence-electron chi connectivity index (χ4n) is 5.00. The van der Waals surface area contributed by atoms with Crippen LogP contribution >= 0.6 is 0 Å². The fourth-order valence-corrected chi connectivity index (χ4v) is 5.00. The van der Waals surface area contributed by atoms with Gasteiger partial charge in [0.1, 0.15) is 5.69 Å². The van der Waals surface area contributed by atoms with Gasteiger partial charge in [-0.25, -0.2) is 24.2 Å². The molecule has 0 radical (unpaired) electrons. The van der Waals surface area contributed by atoms with Gasteiger partial charge in [-0.3, -0.25) is 11.1 Å². The number of fused-ring (bicyclic) bond motifs is 1. The minimum atomic E-state index is 0. The Hall–Kier alpha value is -5.55. The molecule has 6 nitrogen and oxygen atoms in total. The van der Waals surface area contributed by atoms with Crippen LogP contribution in [-0.2, 0) is 42.1 Å². The number of hydrogen-bond donors (Lipinski definition) is 0. The maximum absolute atomic E-state index is 6.57. The molecule has 3 heterocycles. The summed E-state index contributed by atoms with van der Waals surface area (Å²) in [5.74, 6) is 2.37. The number of ether oxygens (including phenoxy) is 2. The molecule has 51 heavy (non-hydrogen) atoms. The van der Waals surface area contributed by atoms with Crippen LogP contribution in [0, 0.1) is 42.8 Å². The van der Waals surface area contributed by atoms with Gasteiger partial charge in [0.25, 0.3) is 6.20 Å². The first kappa shape index (κ1) is 36.7. The molecule has 0 saturated carbocycles. The van der Waals surface area contributed by atoms with Gasteiger partial charge in [0.15, 0.2) is 7.05 Å². The van der Waals surface area contributed by atoms with Gasteiger partial charge in [-0.05, 0) is 12.1 Å². The van der Waals surface area contributed by atoms with Crippen molar-refractivity contribution in [2.45, 2.75) is 0 Å². The van der Waals surface area contributed by atoms with E-state index in [0.29, 0.717) is 23.0 Å². The van der Waals surface area contributed by atoms with Crippen LogP contribution in [0.3, 0.4) is 0 Å². The third kappa shape index (κ3) is 9.37. The molecule has 0 spiro atoms. The number of aromatic nitrogens is 2. The molecule has 8 heteroatoms. The molecule has 0 fully saturated rings. The van der Waals surface area contributed by atoms with Crippen molar-refractivity contribution in [1.82, 2.24) is 9.55 Å². The number of hydrogen-bond acceptors (Lipinski definition) is 3. The Balaban J connectivity index is 0.000000503. The molecule has 0 amide bonds. The van der Waals surface area contributed by atoms with Crippen LogP contribution in [0.4, 0.5) is 5.69 Å². The third-order valence-electron chi connectivity index (χ3n) is 7.35. The zero-order chi connectivity index (χ0) is 33.4. The minimum absolute atomic E-state index is 0. The van der Waals surface area contributed by atoms with Gasteiger partial charge in [-0.1, -0.05) is 57.4 Å². The van der Waals surface area contributed by atoms with E-state index in [9.17, 15) is 0 Å². The summed E-state index contributed by atoms with van der Waals surface area (Å²) in [5.41, 5.74) is 4.04. The Morgan fingerprint density at radius 3 is 2.08 bits per heavy atom. The topological polar surface area (TPSA) is 42.3 Å². The van der Waals surface area contributed by atoms with Gasteiger partial charge in [-0.2, -0.15) is 24.3 Å². The first-order valence-electron chi connectivity index (χ1n) is 15.3. The standard InChI is InChI=1S/C37H22N3O2.C6H4N.2Pt/c1-39-19-20-40(26-39)32-11-6-14-35(25-32)41-34-13-5-10-31(23-34)37-24-30(17-18-38-37)29-9-4-12-33(22-29)42-36-16-15-27-7-2-3-8-28(27)21-36;1-2-7-5-3-4-6-7;;/h2-15,18-21,24H,1H3;3-6H;;/q-3;-1;+2;+4. The Labute approximate surface area is 326 Å². The van der Waals surface area contributed by atoms with Crippen molar-refractivity contribution in [3.63, 3.8) is 0 Å². The maximum Gasteiger partial charge on any atom is 4.00 e. The predicted molar refractivity (Wildman–Crippen MR) is 187 cm³/mol. The predicted octanol–water partition coefficient (Wildman–Crippen LogP) is 8.98. The maximum atomic E-state index is 6.57. The normalized spacial score (nSPS) is 11.1. The van der Waals surface area contributed by atoms with E-state index < -0.39 is 0 Å². The molecule has 0 saturated heterocycles. The van der Waals surface area contributed by atoms with E-state index in [0.717, 1.165) is 38.8 Å². The van der Waals surface area contributed by atoms with Crippen molar-refractivity contribution in [2.75, 3.05) is 7.05 Å². The summed E-state index contributed by atoms with van der Waals surface area (Å²) in [6.45, 7) is 0. The SMILES string of the molecule is C[N+]1=C=[N+](c2[c-]c(Oc3[c-]c(-c4cc(-c5[c-]c(Oc6[c-]cc7ccccc7c6)ccc5)[c-]cn4)ccc3)ccc2)C=C1.[C-]#Cn1cccc1.[Pt+2].[Pt+4]. The molecule has 5 aromatic carbocycles. The summed E-state index contributed by atoms with van der Waals surface area (Å²) < 4.78 is 17.5. The summed E-state index contributed by atoms with van der Waals surface area (Å²) in [6, 6.07) is 56.7. The third-order valence-corrected chi connectivity index (χ3v) is 7.35. The van der Waals surface area contributed by atoms with E-state index in [1.807, 2.05) is 126 Å². The number of benzene rings is 5. The monoisotopic (exact) mass is 1020 g/mol. The van der Waals surface area contributed by atoms with E-state index in [2.05, 4.69) is 59.5 Å². The average Bonchev–Trinajstić information content (AvgIpc) is 3.85. The Kier molecular flexibility index (Phi) is 12.5. The van der Waals surface area contributed by atoms with Crippen LogP contribution in [0.5, 0.6) is 23.0 Å². The molecule has 7 aromatic rings. The zero-order valence-electron chi connectivity index (χ0n) is 27.0. The van der Waals surface area contributed by atoms with Gasteiger partial charge >= 0.3 is 48.1 Å². The average molecular weight is 1020 g/mol. The molecular formula is C43H26N4O2Pt2+2. The molecule has 8 rings (SSSR count). The number of pyridine rings is 1. The molecule has 0 aliphatic carbocycles. The van der Waals surface area contributed by atoms with E-state index in [1.54, 1.807) is 23.2 Å². The summed E-state index contributed by atoms with van der Waals surface area (Å²) in [5, 5.41) is 2.21. The molecule has 2 aromatic heterocycles. The van der Waals surface area contributed by atoms with Gasteiger partial charge < -0.3 is 25.4 Å². The van der Waals surface area contributed by atoms with Crippen molar-refractivity contribution >= 4 is 22.5 Å².